The number of ether oxygens (including phenoxy) is 1. The van der Waals surface area contributed by atoms with Crippen LogP contribution in [0.4, 0.5) is 22.7 Å². The average molecular weight is 475 g/mol. The monoisotopic (exact) mass is 474 g/mol. The maximum atomic E-state index is 6.33. The van der Waals surface area contributed by atoms with Crippen molar-refractivity contribution in [2.24, 2.45) is 0 Å². The quantitative estimate of drug-likeness (QED) is 0.257. The lowest BCUT2D eigenvalue weighted by atomic mass is 9.99. The molecule has 0 saturated carbocycles. The Morgan fingerprint density at radius 1 is 0.514 bits per heavy atom. The van der Waals surface area contributed by atoms with E-state index in [9.17, 15) is 0 Å². The van der Waals surface area contributed by atoms with Gasteiger partial charge in [0.05, 0.1) is 17.1 Å². The van der Waals surface area contributed by atoms with Gasteiger partial charge in [-0.05, 0) is 76.2 Å². The van der Waals surface area contributed by atoms with Crippen molar-refractivity contribution in [1.29, 1.82) is 0 Å². The molecule has 0 atom stereocenters. The highest BCUT2D eigenvalue weighted by Gasteiger charge is 2.30. The minimum absolute atomic E-state index is 0.848. The summed E-state index contributed by atoms with van der Waals surface area (Å²) < 4.78 is 6.33. The zero-order valence-electron chi connectivity index (χ0n) is 20.0. The first-order chi connectivity index (χ1) is 18.3. The molecular formula is C34H22N2O. The van der Waals surface area contributed by atoms with Crippen LogP contribution in [-0.4, -0.2) is 0 Å². The summed E-state index contributed by atoms with van der Waals surface area (Å²) in [7, 11) is 0. The normalized spacial score (nSPS) is 13.4. The van der Waals surface area contributed by atoms with E-state index < -0.39 is 0 Å². The van der Waals surface area contributed by atoms with Gasteiger partial charge in [-0.1, -0.05) is 72.8 Å². The number of nitrogens with one attached hydrogen (secondary N) is 1. The summed E-state index contributed by atoms with van der Waals surface area (Å²) in [4.78, 5) is 2.34. The Labute approximate surface area is 214 Å². The number of hydrogen-bond donors (Lipinski definition) is 1. The van der Waals surface area contributed by atoms with E-state index >= 15 is 0 Å². The molecule has 3 nitrogen and oxygen atoms in total. The molecule has 0 amide bonds. The van der Waals surface area contributed by atoms with E-state index in [2.05, 4.69) is 113 Å². The highest BCUT2D eigenvalue weighted by molar-refractivity contribution is 6.08. The molecule has 2 aliphatic heterocycles. The van der Waals surface area contributed by atoms with Gasteiger partial charge in [-0.3, -0.25) is 0 Å². The molecule has 0 aromatic heterocycles. The predicted molar refractivity (Wildman–Crippen MR) is 154 cm³/mol. The van der Waals surface area contributed by atoms with Crippen LogP contribution in [0.3, 0.4) is 0 Å². The van der Waals surface area contributed by atoms with Crippen molar-refractivity contribution in [3.8, 4) is 11.5 Å². The topological polar surface area (TPSA) is 24.5 Å². The van der Waals surface area contributed by atoms with Crippen molar-refractivity contribution in [3.05, 3.63) is 132 Å². The van der Waals surface area contributed by atoms with Crippen LogP contribution in [0, 0.1) is 0 Å². The second-order valence-electron chi connectivity index (χ2n) is 9.56. The summed E-state index contributed by atoms with van der Waals surface area (Å²) >= 11 is 0. The number of fused-ring (bicyclic) bond motifs is 6. The largest absolute Gasteiger partial charge is 0.453 e. The molecule has 0 radical (unpaired) electrons. The van der Waals surface area contributed by atoms with Gasteiger partial charge in [0.2, 0.25) is 0 Å². The van der Waals surface area contributed by atoms with Crippen LogP contribution in [-0.2, 0) is 0 Å². The molecule has 0 aliphatic carbocycles. The molecular weight excluding hydrogens is 452 g/mol. The zero-order chi connectivity index (χ0) is 24.3. The van der Waals surface area contributed by atoms with Gasteiger partial charge in [0.15, 0.2) is 11.5 Å². The highest BCUT2D eigenvalue weighted by atomic mass is 16.5. The fourth-order valence-electron chi connectivity index (χ4n) is 5.56. The maximum absolute atomic E-state index is 6.33. The fraction of sp³-hybridized carbons (Fsp3) is 0. The Morgan fingerprint density at radius 2 is 1.03 bits per heavy atom. The van der Waals surface area contributed by atoms with E-state index in [4.69, 9.17) is 4.74 Å². The summed E-state index contributed by atoms with van der Waals surface area (Å²) in [5, 5.41) is 8.65. The molecule has 3 heteroatoms. The van der Waals surface area contributed by atoms with Crippen LogP contribution >= 0.6 is 0 Å². The molecule has 8 rings (SSSR count). The number of anilines is 4. The van der Waals surface area contributed by atoms with Crippen LogP contribution < -0.4 is 15.0 Å². The summed E-state index contributed by atoms with van der Waals surface area (Å²) in [5.41, 5.74) is 7.62. The third kappa shape index (κ3) is 3.14. The molecule has 6 aromatic carbocycles. The third-order valence-electron chi connectivity index (χ3n) is 7.31. The Kier molecular flexibility index (Phi) is 4.23. The summed E-state index contributed by atoms with van der Waals surface area (Å²) in [6, 6.07) is 42.7. The Morgan fingerprint density at radius 3 is 1.68 bits per heavy atom. The smallest absolute Gasteiger partial charge is 0.151 e. The number of nitrogens with zero attached hydrogens (tertiary/aromatic N) is 1. The van der Waals surface area contributed by atoms with Crippen molar-refractivity contribution in [2.45, 2.75) is 0 Å². The van der Waals surface area contributed by atoms with Gasteiger partial charge >= 0.3 is 0 Å². The number of rotatable bonds is 1. The van der Waals surface area contributed by atoms with E-state index in [1.165, 1.54) is 21.5 Å². The standard InChI is InChI=1S/C34H22N2O/c1-3-11-24-19-28-26(17-22(24)9-1)21-32(27-18-23-10-2-4-12-25(23)20-29(27)35-28)36-30-13-5-7-15-33(30)37-34-16-8-6-14-31(34)36/h1-21,35H. The average Bonchev–Trinajstić information content (AvgIpc) is 3.09. The van der Waals surface area contributed by atoms with Crippen LogP contribution in [0.25, 0.3) is 33.3 Å². The summed E-state index contributed by atoms with van der Waals surface area (Å²) in [6.45, 7) is 0. The number of para-hydroxylation sites is 4. The van der Waals surface area contributed by atoms with E-state index in [-0.39, 0.29) is 0 Å². The van der Waals surface area contributed by atoms with E-state index in [0.717, 1.165) is 51.1 Å². The molecule has 2 aliphatic rings. The van der Waals surface area contributed by atoms with Gasteiger partial charge in [0.1, 0.15) is 0 Å². The third-order valence-corrected chi connectivity index (χ3v) is 7.31. The Bertz CT molecular complexity index is 1860. The van der Waals surface area contributed by atoms with Gasteiger partial charge < -0.3 is 15.0 Å². The highest BCUT2D eigenvalue weighted by Crippen LogP contribution is 2.52. The molecule has 0 fully saturated rings. The lowest BCUT2D eigenvalue weighted by molar-refractivity contribution is 0.477. The molecule has 37 heavy (non-hydrogen) atoms. The zero-order valence-corrected chi connectivity index (χ0v) is 20.0. The van der Waals surface area contributed by atoms with Crippen LogP contribution in [0.2, 0.25) is 0 Å². The molecule has 0 bridgehead atoms. The van der Waals surface area contributed by atoms with Gasteiger partial charge in [0.25, 0.3) is 0 Å². The second-order valence-corrected chi connectivity index (χ2v) is 9.56. The number of hydrogen-bond acceptors (Lipinski definition) is 3. The first kappa shape index (κ1) is 20.2. The SMILES string of the molecule is C1=C(N2c3ccccc3Oc3ccccc32)c2cc3ccccc3cc2Nc2cc3ccccc3cc21. The molecule has 0 unspecified atom stereocenters. The van der Waals surface area contributed by atoms with E-state index in [1.54, 1.807) is 0 Å². The summed E-state index contributed by atoms with van der Waals surface area (Å²) in [6.07, 6.45) is 2.31. The first-order valence-corrected chi connectivity index (χ1v) is 12.5. The Hall–Kier alpha value is -5.02. The Balaban J connectivity index is 1.47. The van der Waals surface area contributed by atoms with Crippen LogP contribution in [0.15, 0.2) is 121 Å². The molecule has 0 spiro atoms. The van der Waals surface area contributed by atoms with E-state index in [1.807, 2.05) is 24.3 Å². The van der Waals surface area contributed by atoms with Gasteiger partial charge in [0, 0.05) is 22.5 Å². The van der Waals surface area contributed by atoms with Crippen molar-refractivity contribution >= 4 is 56.1 Å². The predicted octanol–water partition coefficient (Wildman–Crippen LogP) is 9.49. The van der Waals surface area contributed by atoms with Crippen molar-refractivity contribution in [1.82, 2.24) is 0 Å². The molecule has 2 heterocycles. The second kappa shape index (κ2) is 7.74. The van der Waals surface area contributed by atoms with Gasteiger partial charge in [-0.2, -0.15) is 0 Å². The van der Waals surface area contributed by atoms with Crippen LogP contribution in [0.5, 0.6) is 11.5 Å². The molecule has 1 N–H and O–H groups in total. The fourth-order valence-corrected chi connectivity index (χ4v) is 5.56. The molecule has 6 aromatic rings. The molecule has 174 valence electrons. The first-order valence-electron chi connectivity index (χ1n) is 12.5. The summed E-state index contributed by atoms with van der Waals surface area (Å²) in [5.74, 6) is 1.70. The lowest BCUT2D eigenvalue weighted by Gasteiger charge is -2.34. The minimum atomic E-state index is 0.848. The van der Waals surface area contributed by atoms with Gasteiger partial charge in [-0.15, -0.1) is 0 Å². The van der Waals surface area contributed by atoms with Crippen LogP contribution in [0.1, 0.15) is 11.1 Å². The van der Waals surface area contributed by atoms with Crippen molar-refractivity contribution in [3.63, 3.8) is 0 Å². The number of benzene rings is 6. The minimum Gasteiger partial charge on any atom is -0.453 e. The van der Waals surface area contributed by atoms with Crippen molar-refractivity contribution in [2.75, 3.05) is 10.2 Å². The van der Waals surface area contributed by atoms with Crippen molar-refractivity contribution < 1.29 is 4.74 Å². The lowest BCUT2D eigenvalue weighted by Crippen LogP contribution is -2.20. The maximum Gasteiger partial charge on any atom is 0.151 e. The van der Waals surface area contributed by atoms with Gasteiger partial charge in [-0.25, -0.2) is 0 Å². The molecule has 0 saturated heterocycles. The van der Waals surface area contributed by atoms with E-state index in [0.29, 0.717) is 0 Å².